The molecule has 0 aliphatic rings. The lowest BCUT2D eigenvalue weighted by Crippen LogP contribution is -2.29. The first kappa shape index (κ1) is 13.4. The molecular weight excluding hydrogens is 220 g/mol. The molecule has 0 radical (unpaired) electrons. The van der Waals surface area contributed by atoms with Crippen molar-refractivity contribution in [3.63, 3.8) is 0 Å². The zero-order valence-electron chi connectivity index (χ0n) is 10.1. The van der Waals surface area contributed by atoms with Gasteiger partial charge in [-0.15, -0.1) is 0 Å². The summed E-state index contributed by atoms with van der Waals surface area (Å²) in [6, 6.07) is 6.32. The number of thioether (sulfide) groups is 1. The second-order valence-corrected chi connectivity index (χ2v) is 4.71. The smallest absolute Gasteiger partial charge is 0.119 e. The van der Waals surface area contributed by atoms with Crippen molar-refractivity contribution < 1.29 is 4.74 Å². The molecule has 90 valence electrons. The standard InChI is InChI=1S/C12H20N2OS/c1-9-8-10(15-2)4-5-11(9)12(14-13)6-7-16-3/h4-5,8,12,14H,6-7,13H2,1-3H3. The van der Waals surface area contributed by atoms with Gasteiger partial charge in [0.15, 0.2) is 0 Å². The van der Waals surface area contributed by atoms with E-state index in [0.717, 1.165) is 17.9 Å². The lowest BCUT2D eigenvalue weighted by atomic mass is 9.99. The predicted octanol–water partition coefficient (Wildman–Crippen LogP) is 2.26. The quantitative estimate of drug-likeness (QED) is 0.591. The highest BCUT2D eigenvalue weighted by molar-refractivity contribution is 7.98. The zero-order valence-corrected chi connectivity index (χ0v) is 10.9. The molecule has 0 aromatic heterocycles. The number of methoxy groups -OCH3 is 1. The van der Waals surface area contributed by atoms with Crippen molar-refractivity contribution in [3.05, 3.63) is 29.3 Å². The second-order valence-electron chi connectivity index (χ2n) is 3.72. The molecule has 16 heavy (non-hydrogen) atoms. The van der Waals surface area contributed by atoms with Crippen molar-refractivity contribution in [2.24, 2.45) is 5.84 Å². The summed E-state index contributed by atoms with van der Waals surface area (Å²) in [5, 5.41) is 0. The lowest BCUT2D eigenvalue weighted by molar-refractivity contribution is 0.413. The van der Waals surface area contributed by atoms with E-state index in [1.165, 1.54) is 11.1 Å². The number of aryl methyl sites for hydroxylation is 1. The molecule has 4 heteroatoms. The molecule has 0 saturated heterocycles. The molecule has 1 unspecified atom stereocenters. The van der Waals surface area contributed by atoms with Crippen LogP contribution < -0.4 is 16.0 Å². The first-order valence-electron chi connectivity index (χ1n) is 5.32. The van der Waals surface area contributed by atoms with Gasteiger partial charge < -0.3 is 4.74 Å². The van der Waals surface area contributed by atoms with E-state index in [9.17, 15) is 0 Å². The molecule has 0 fully saturated rings. The molecule has 3 nitrogen and oxygen atoms in total. The minimum absolute atomic E-state index is 0.221. The fourth-order valence-electron chi connectivity index (χ4n) is 1.73. The summed E-state index contributed by atoms with van der Waals surface area (Å²) >= 11 is 1.83. The van der Waals surface area contributed by atoms with Crippen molar-refractivity contribution in [2.45, 2.75) is 19.4 Å². The molecule has 3 N–H and O–H groups in total. The maximum atomic E-state index is 5.59. The summed E-state index contributed by atoms with van der Waals surface area (Å²) in [6.45, 7) is 2.08. The highest BCUT2D eigenvalue weighted by Crippen LogP contribution is 2.24. The molecule has 0 spiro atoms. The molecule has 1 aromatic rings. The minimum atomic E-state index is 0.221. The fourth-order valence-corrected chi connectivity index (χ4v) is 2.20. The van der Waals surface area contributed by atoms with E-state index >= 15 is 0 Å². The van der Waals surface area contributed by atoms with Gasteiger partial charge in [-0.05, 0) is 48.6 Å². The molecule has 0 aliphatic carbocycles. The number of nitrogens with two attached hydrogens (primary N) is 1. The predicted molar refractivity (Wildman–Crippen MR) is 70.8 cm³/mol. The Morgan fingerprint density at radius 1 is 1.50 bits per heavy atom. The van der Waals surface area contributed by atoms with E-state index in [-0.39, 0.29) is 6.04 Å². The van der Waals surface area contributed by atoms with E-state index in [2.05, 4.69) is 24.7 Å². The van der Waals surface area contributed by atoms with Gasteiger partial charge in [-0.2, -0.15) is 11.8 Å². The zero-order chi connectivity index (χ0) is 12.0. The van der Waals surface area contributed by atoms with Crippen LogP contribution in [0.15, 0.2) is 18.2 Å². The van der Waals surface area contributed by atoms with Gasteiger partial charge in [-0.1, -0.05) is 6.07 Å². The van der Waals surface area contributed by atoms with E-state index in [1.54, 1.807) is 7.11 Å². The molecule has 1 aromatic carbocycles. The molecule has 0 bridgehead atoms. The molecule has 0 saturated carbocycles. The number of rotatable bonds is 6. The van der Waals surface area contributed by atoms with Gasteiger partial charge in [-0.25, -0.2) is 0 Å². The van der Waals surface area contributed by atoms with Crippen molar-refractivity contribution in [2.75, 3.05) is 19.1 Å². The van der Waals surface area contributed by atoms with Crippen molar-refractivity contribution in [1.29, 1.82) is 0 Å². The van der Waals surface area contributed by atoms with Crippen LogP contribution in [-0.2, 0) is 0 Å². The van der Waals surface area contributed by atoms with Gasteiger partial charge in [0.2, 0.25) is 0 Å². The van der Waals surface area contributed by atoms with E-state index in [1.807, 2.05) is 23.9 Å². The fraction of sp³-hybridized carbons (Fsp3) is 0.500. The Labute approximate surface area is 102 Å². The molecule has 0 heterocycles. The van der Waals surface area contributed by atoms with Crippen LogP contribution in [0.4, 0.5) is 0 Å². The van der Waals surface area contributed by atoms with E-state index in [4.69, 9.17) is 10.6 Å². The first-order chi connectivity index (χ1) is 7.72. The largest absolute Gasteiger partial charge is 0.497 e. The maximum Gasteiger partial charge on any atom is 0.119 e. The van der Waals surface area contributed by atoms with Gasteiger partial charge >= 0.3 is 0 Å². The normalized spacial score (nSPS) is 12.5. The molecule has 1 atom stereocenters. The van der Waals surface area contributed by atoms with Crippen LogP contribution in [0.1, 0.15) is 23.6 Å². The van der Waals surface area contributed by atoms with Gasteiger partial charge in [0, 0.05) is 6.04 Å². The average Bonchev–Trinajstić information content (AvgIpc) is 2.31. The van der Waals surface area contributed by atoms with Crippen LogP contribution in [0.3, 0.4) is 0 Å². The number of hydrogen-bond acceptors (Lipinski definition) is 4. The monoisotopic (exact) mass is 240 g/mol. The Bertz CT molecular complexity index is 331. The molecule has 1 rings (SSSR count). The van der Waals surface area contributed by atoms with E-state index < -0.39 is 0 Å². The number of hydrogen-bond donors (Lipinski definition) is 2. The summed E-state index contributed by atoms with van der Waals surface area (Å²) in [7, 11) is 1.68. The Kier molecular flexibility index (Phi) is 5.66. The Balaban J connectivity index is 2.83. The molecular formula is C12H20N2OS. The molecule has 0 amide bonds. The molecule has 0 aliphatic heterocycles. The highest BCUT2D eigenvalue weighted by Gasteiger charge is 2.12. The Morgan fingerprint density at radius 2 is 2.25 bits per heavy atom. The van der Waals surface area contributed by atoms with Crippen molar-refractivity contribution in [1.82, 2.24) is 5.43 Å². The summed E-state index contributed by atoms with van der Waals surface area (Å²) in [6.07, 6.45) is 3.14. The van der Waals surface area contributed by atoms with Gasteiger partial charge in [0.1, 0.15) is 5.75 Å². The number of benzene rings is 1. The van der Waals surface area contributed by atoms with Crippen LogP contribution in [-0.4, -0.2) is 19.1 Å². The average molecular weight is 240 g/mol. The lowest BCUT2D eigenvalue weighted by Gasteiger charge is -2.18. The van der Waals surface area contributed by atoms with Crippen LogP contribution in [0.25, 0.3) is 0 Å². The SMILES string of the molecule is COc1ccc(C(CCSC)NN)c(C)c1. The topological polar surface area (TPSA) is 47.3 Å². The van der Waals surface area contributed by atoms with Crippen LogP contribution in [0.5, 0.6) is 5.75 Å². The minimum Gasteiger partial charge on any atom is -0.497 e. The summed E-state index contributed by atoms with van der Waals surface area (Å²) in [5.74, 6) is 7.58. The number of hydrazine groups is 1. The summed E-state index contributed by atoms with van der Waals surface area (Å²) in [5.41, 5.74) is 5.34. The van der Waals surface area contributed by atoms with Crippen molar-refractivity contribution >= 4 is 11.8 Å². The van der Waals surface area contributed by atoms with Crippen LogP contribution in [0, 0.1) is 6.92 Å². The van der Waals surface area contributed by atoms with E-state index in [0.29, 0.717) is 0 Å². The number of nitrogens with one attached hydrogen (secondary N) is 1. The van der Waals surface area contributed by atoms with Gasteiger partial charge in [0.25, 0.3) is 0 Å². The van der Waals surface area contributed by atoms with Gasteiger partial charge in [-0.3, -0.25) is 11.3 Å². The third-order valence-corrected chi connectivity index (χ3v) is 3.31. The Hall–Kier alpha value is -0.710. The Morgan fingerprint density at radius 3 is 2.75 bits per heavy atom. The first-order valence-corrected chi connectivity index (χ1v) is 6.72. The number of ether oxygens (including phenoxy) is 1. The van der Waals surface area contributed by atoms with Crippen molar-refractivity contribution in [3.8, 4) is 5.75 Å². The second kappa shape index (κ2) is 6.78. The van der Waals surface area contributed by atoms with Crippen LogP contribution in [0.2, 0.25) is 0 Å². The van der Waals surface area contributed by atoms with Gasteiger partial charge in [0.05, 0.1) is 7.11 Å². The third-order valence-electron chi connectivity index (χ3n) is 2.66. The maximum absolute atomic E-state index is 5.59. The summed E-state index contributed by atoms with van der Waals surface area (Å²) in [4.78, 5) is 0. The highest BCUT2D eigenvalue weighted by atomic mass is 32.2. The van der Waals surface area contributed by atoms with Crippen LogP contribution >= 0.6 is 11.8 Å². The summed E-state index contributed by atoms with van der Waals surface area (Å²) < 4.78 is 5.19. The third kappa shape index (κ3) is 3.40.